The molecule has 0 radical (unpaired) electrons. The molecule has 178 valence electrons. The molecule has 34 heavy (non-hydrogen) atoms. The van der Waals surface area contributed by atoms with Gasteiger partial charge in [-0.2, -0.15) is 0 Å². The highest BCUT2D eigenvalue weighted by atomic mass is 32.2. The average molecular weight is 481 g/mol. The van der Waals surface area contributed by atoms with Gasteiger partial charge in [-0.25, -0.2) is 18.1 Å². The zero-order valence-corrected chi connectivity index (χ0v) is 20.2. The Balaban J connectivity index is 1.50. The summed E-state index contributed by atoms with van der Waals surface area (Å²) in [6.07, 6.45) is 3.78. The zero-order chi connectivity index (χ0) is 23.9. The number of anilines is 1. The van der Waals surface area contributed by atoms with Crippen LogP contribution >= 0.6 is 0 Å². The van der Waals surface area contributed by atoms with Crippen LogP contribution in [0.4, 0.5) is 5.82 Å². The van der Waals surface area contributed by atoms with E-state index in [1.54, 1.807) is 24.3 Å². The second-order valence-electron chi connectivity index (χ2n) is 8.96. The Morgan fingerprint density at radius 1 is 1.18 bits per heavy atom. The molecule has 2 fully saturated rings. The van der Waals surface area contributed by atoms with Crippen LogP contribution in [0.25, 0.3) is 10.9 Å². The van der Waals surface area contributed by atoms with Gasteiger partial charge < -0.3 is 9.64 Å². The number of fused-ring (bicyclic) bond motifs is 1. The number of amides is 1. The lowest BCUT2D eigenvalue weighted by Gasteiger charge is -2.31. The monoisotopic (exact) mass is 480 g/mol. The van der Waals surface area contributed by atoms with Crippen LogP contribution in [0.3, 0.4) is 0 Å². The molecule has 1 aromatic carbocycles. The first-order valence-corrected chi connectivity index (χ1v) is 13.1. The Morgan fingerprint density at radius 2 is 1.94 bits per heavy atom. The second kappa shape index (κ2) is 8.63. The van der Waals surface area contributed by atoms with E-state index in [2.05, 4.69) is 14.6 Å². The van der Waals surface area contributed by atoms with Crippen LogP contribution in [0, 0.1) is 6.92 Å². The summed E-state index contributed by atoms with van der Waals surface area (Å²) in [5, 5.41) is 0.488. The van der Waals surface area contributed by atoms with E-state index < -0.39 is 21.3 Å². The number of carbonyl (C=O) groups excluding carboxylic acids is 1. The fourth-order valence-corrected chi connectivity index (χ4v) is 5.82. The minimum absolute atomic E-state index is 0.0514. The molecular formula is C25H28N4O4S. The Kier molecular flexibility index (Phi) is 5.77. The molecule has 1 saturated heterocycles. The van der Waals surface area contributed by atoms with Gasteiger partial charge in [0.2, 0.25) is 5.91 Å². The molecule has 0 unspecified atom stereocenters. The highest BCUT2D eigenvalue weighted by Crippen LogP contribution is 2.51. The van der Waals surface area contributed by atoms with Gasteiger partial charge in [0.05, 0.1) is 29.0 Å². The van der Waals surface area contributed by atoms with Crippen molar-refractivity contribution in [3.63, 3.8) is 0 Å². The maximum atomic E-state index is 13.6. The summed E-state index contributed by atoms with van der Waals surface area (Å²) in [6.45, 7) is 6.45. The number of hydrogen-bond acceptors (Lipinski definition) is 7. The lowest BCUT2D eigenvalue weighted by Crippen LogP contribution is -2.42. The molecule has 0 bridgehead atoms. The number of benzene rings is 1. The molecule has 8 nitrogen and oxygen atoms in total. The fraction of sp³-hybridized carbons (Fsp3) is 0.400. The first-order valence-electron chi connectivity index (χ1n) is 11.6. The van der Waals surface area contributed by atoms with Crippen LogP contribution in [-0.2, 0) is 31.4 Å². The normalized spacial score (nSPS) is 17.5. The van der Waals surface area contributed by atoms with Crippen LogP contribution in [0.15, 0.2) is 47.5 Å². The van der Waals surface area contributed by atoms with Crippen molar-refractivity contribution in [2.24, 2.45) is 0 Å². The molecule has 1 aliphatic heterocycles. The Morgan fingerprint density at radius 3 is 2.65 bits per heavy atom. The molecule has 1 aliphatic carbocycles. The van der Waals surface area contributed by atoms with E-state index in [-0.39, 0.29) is 4.90 Å². The van der Waals surface area contributed by atoms with E-state index in [4.69, 9.17) is 9.72 Å². The summed E-state index contributed by atoms with van der Waals surface area (Å²) in [7, 11) is -4.10. The molecule has 1 N–H and O–H groups in total. The third-order valence-corrected chi connectivity index (χ3v) is 8.08. The number of nitrogens with one attached hydrogen (secondary N) is 1. The van der Waals surface area contributed by atoms with Gasteiger partial charge in [-0.1, -0.05) is 13.0 Å². The second-order valence-corrected chi connectivity index (χ2v) is 10.6. The number of morpholine rings is 1. The molecule has 3 aromatic rings. The third-order valence-electron chi connectivity index (χ3n) is 6.69. The number of hydrogen-bond donors (Lipinski definition) is 1. The quantitative estimate of drug-likeness (QED) is 0.579. The van der Waals surface area contributed by atoms with Crippen molar-refractivity contribution >= 4 is 32.7 Å². The summed E-state index contributed by atoms with van der Waals surface area (Å²) in [4.78, 5) is 24.9. The van der Waals surface area contributed by atoms with E-state index in [0.717, 1.165) is 29.1 Å². The van der Waals surface area contributed by atoms with Crippen LogP contribution in [0.1, 0.15) is 36.6 Å². The molecule has 9 heteroatoms. The predicted octanol–water partition coefficient (Wildman–Crippen LogP) is 2.87. The minimum Gasteiger partial charge on any atom is -0.378 e. The average Bonchev–Trinajstić information content (AvgIpc) is 3.65. The largest absolute Gasteiger partial charge is 0.378 e. The number of nitrogens with zero attached hydrogens (tertiary/aromatic N) is 3. The maximum absolute atomic E-state index is 13.6. The van der Waals surface area contributed by atoms with Gasteiger partial charge in [0.1, 0.15) is 5.82 Å². The molecule has 1 amide bonds. The molecule has 2 aromatic heterocycles. The number of sulfonamides is 1. The minimum atomic E-state index is -4.10. The summed E-state index contributed by atoms with van der Waals surface area (Å²) < 4.78 is 34.6. The molecule has 0 atom stereocenters. The van der Waals surface area contributed by atoms with Crippen LogP contribution in [0.5, 0.6) is 0 Å². The molecule has 1 saturated carbocycles. The molecule has 2 aliphatic rings. The molecule has 5 rings (SSSR count). The first-order chi connectivity index (χ1) is 16.3. The zero-order valence-electron chi connectivity index (χ0n) is 19.4. The first kappa shape index (κ1) is 22.7. The van der Waals surface area contributed by atoms with Gasteiger partial charge in [0, 0.05) is 35.9 Å². The highest BCUT2D eigenvalue weighted by Gasteiger charge is 2.54. The van der Waals surface area contributed by atoms with Crippen molar-refractivity contribution < 1.29 is 17.9 Å². The van der Waals surface area contributed by atoms with Gasteiger partial charge in [-0.05, 0) is 62.1 Å². The number of aryl methyl sites for hydroxylation is 2. The van der Waals surface area contributed by atoms with Crippen LogP contribution in [0.2, 0.25) is 0 Å². The molecule has 3 heterocycles. The van der Waals surface area contributed by atoms with Gasteiger partial charge in [0.15, 0.2) is 0 Å². The van der Waals surface area contributed by atoms with Crippen molar-refractivity contribution in [2.45, 2.75) is 43.4 Å². The van der Waals surface area contributed by atoms with Crippen LogP contribution < -0.4 is 9.62 Å². The molecule has 0 spiro atoms. The summed E-state index contributed by atoms with van der Waals surface area (Å²) in [5.74, 6) is 0.240. The van der Waals surface area contributed by atoms with Crippen LogP contribution in [-0.4, -0.2) is 50.6 Å². The smallest absolute Gasteiger partial charge is 0.264 e. The number of pyridine rings is 2. The molecular weight excluding hydrogens is 452 g/mol. The van der Waals surface area contributed by atoms with E-state index >= 15 is 0 Å². The van der Waals surface area contributed by atoms with Crippen molar-refractivity contribution in [3.8, 4) is 0 Å². The van der Waals surface area contributed by atoms with E-state index in [0.29, 0.717) is 50.0 Å². The lowest BCUT2D eigenvalue weighted by molar-refractivity contribution is -0.121. The maximum Gasteiger partial charge on any atom is 0.264 e. The Bertz CT molecular complexity index is 1360. The Labute approximate surface area is 199 Å². The number of ether oxygens (including phenoxy) is 1. The van der Waals surface area contributed by atoms with E-state index in [9.17, 15) is 13.2 Å². The van der Waals surface area contributed by atoms with Gasteiger partial charge >= 0.3 is 0 Å². The SMILES string of the molecule is CCc1cnc(N2CCOCC2)c(C2(C(=O)NS(=O)(=O)c3cccc4nc(C)ccc34)CC2)c1. The Hall–Kier alpha value is -3.04. The highest BCUT2D eigenvalue weighted by molar-refractivity contribution is 7.90. The third kappa shape index (κ3) is 4.03. The summed E-state index contributed by atoms with van der Waals surface area (Å²) in [6, 6.07) is 10.4. The number of rotatable bonds is 6. The van der Waals surface area contributed by atoms with Gasteiger partial charge in [-0.15, -0.1) is 0 Å². The fourth-order valence-electron chi connectivity index (χ4n) is 4.55. The topological polar surface area (TPSA) is 101 Å². The van der Waals surface area contributed by atoms with Crippen molar-refractivity contribution in [3.05, 3.63) is 59.4 Å². The van der Waals surface area contributed by atoms with Crippen molar-refractivity contribution in [1.29, 1.82) is 0 Å². The summed E-state index contributed by atoms with van der Waals surface area (Å²) in [5.41, 5.74) is 2.28. The van der Waals surface area contributed by atoms with Crippen molar-refractivity contribution in [1.82, 2.24) is 14.7 Å². The number of carbonyl (C=O) groups is 1. The number of aromatic nitrogens is 2. The van der Waals surface area contributed by atoms with Gasteiger partial charge in [0.25, 0.3) is 10.0 Å². The summed E-state index contributed by atoms with van der Waals surface area (Å²) >= 11 is 0. The van der Waals surface area contributed by atoms with Gasteiger partial charge in [-0.3, -0.25) is 9.78 Å². The van der Waals surface area contributed by atoms with E-state index in [1.165, 1.54) is 6.07 Å². The predicted molar refractivity (Wildman–Crippen MR) is 129 cm³/mol. The van der Waals surface area contributed by atoms with Crippen molar-refractivity contribution in [2.75, 3.05) is 31.2 Å². The standard InChI is InChI=1S/C25H28N4O4S/c1-3-18-15-20(23(26-16-18)29-11-13-33-14-12-29)25(9-10-25)24(30)28-34(31,32)22-6-4-5-21-19(22)8-7-17(2)27-21/h4-8,15-16H,3,9-14H2,1-2H3,(H,28,30). The lowest BCUT2D eigenvalue weighted by atomic mass is 9.93. The van der Waals surface area contributed by atoms with E-state index in [1.807, 2.05) is 26.1 Å².